The summed E-state index contributed by atoms with van der Waals surface area (Å²) in [5.74, 6) is -0.389. The number of fused-ring (bicyclic) bond motifs is 1. The van der Waals surface area contributed by atoms with Crippen molar-refractivity contribution in [2.75, 3.05) is 0 Å². The Morgan fingerprint density at radius 3 is 2.71 bits per heavy atom. The third-order valence-electron chi connectivity index (χ3n) is 3.70. The topological polar surface area (TPSA) is 48.0 Å². The number of benzene rings is 2. The van der Waals surface area contributed by atoms with Crippen molar-refractivity contribution in [3.63, 3.8) is 0 Å². The molecule has 0 bridgehead atoms. The molecule has 21 heavy (non-hydrogen) atoms. The fraction of sp³-hybridized carbons (Fsp3) is 0.118. The van der Waals surface area contributed by atoms with Crippen LogP contribution in [0, 0.1) is 6.92 Å². The van der Waals surface area contributed by atoms with Crippen molar-refractivity contribution in [3.05, 3.63) is 69.8 Å². The van der Waals surface area contributed by atoms with E-state index in [1.54, 1.807) is 6.07 Å². The van der Waals surface area contributed by atoms with Crippen LogP contribution in [0.25, 0.3) is 10.9 Å². The Kier molecular flexibility index (Phi) is 3.55. The van der Waals surface area contributed by atoms with Crippen LogP contribution >= 0.6 is 15.9 Å². The second-order valence-electron chi connectivity index (χ2n) is 5.15. The van der Waals surface area contributed by atoms with Crippen LogP contribution in [0.3, 0.4) is 0 Å². The van der Waals surface area contributed by atoms with Gasteiger partial charge in [0.1, 0.15) is 0 Å². The van der Waals surface area contributed by atoms with Crippen LogP contribution in [-0.2, 0) is 6.54 Å². The molecule has 0 aliphatic rings. The van der Waals surface area contributed by atoms with Gasteiger partial charge in [-0.05, 0) is 53.8 Å². The predicted octanol–water partition coefficient (Wildman–Crippen LogP) is 3.86. The van der Waals surface area contributed by atoms with E-state index in [1.165, 1.54) is 16.5 Å². The third-order valence-corrected chi connectivity index (χ3v) is 4.20. The average Bonchev–Trinajstić information content (AvgIpc) is 2.83. The lowest BCUT2D eigenvalue weighted by Crippen LogP contribution is -2.11. The molecule has 0 saturated carbocycles. The van der Waals surface area contributed by atoms with Crippen LogP contribution in [-0.4, -0.2) is 10.5 Å². The van der Waals surface area contributed by atoms with E-state index < -0.39 is 0 Å². The summed E-state index contributed by atoms with van der Waals surface area (Å²) in [5, 5.41) is 1.21. The maximum atomic E-state index is 11.2. The minimum Gasteiger partial charge on any atom is -0.366 e. The number of aryl methyl sites for hydroxylation is 1. The van der Waals surface area contributed by atoms with E-state index in [4.69, 9.17) is 5.73 Å². The first-order valence-electron chi connectivity index (χ1n) is 6.68. The minimum absolute atomic E-state index is 0.389. The highest BCUT2D eigenvalue weighted by Gasteiger charge is 2.07. The van der Waals surface area contributed by atoms with Crippen molar-refractivity contribution in [1.82, 2.24) is 4.57 Å². The van der Waals surface area contributed by atoms with Gasteiger partial charge >= 0.3 is 0 Å². The zero-order valence-corrected chi connectivity index (χ0v) is 13.2. The first-order valence-corrected chi connectivity index (χ1v) is 7.47. The number of halogens is 1. The Morgan fingerprint density at radius 2 is 2.00 bits per heavy atom. The van der Waals surface area contributed by atoms with E-state index in [0.717, 1.165) is 16.6 Å². The summed E-state index contributed by atoms with van der Waals surface area (Å²) < 4.78 is 3.27. The average molecular weight is 343 g/mol. The SMILES string of the molecule is Cc1cc(C(N)=O)ccc1Cn1ccc2ccc(Br)cc21. The Morgan fingerprint density at radius 1 is 1.19 bits per heavy atom. The molecule has 3 nitrogen and oxygen atoms in total. The molecule has 2 aromatic carbocycles. The second-order valence-corrected chi connectivity index (χ2v) is 6.07. The number of primary amides is 1. The number of rotatable bonds is 3. The van der Waals surface area contributed by atoms with Gasteiger partial charge in [0.15, 0.2) is 0 Å². The molecule has 106 valence electrons. The summed E-state index contributed by atoms with van der Waals surface area (Å²) in [6.45, 7) is 2.77. The lowest BCUT2D eigenvalue weighted by Gasteiger charge is -2.10. The quantitative estimate of drug-likeness (QED) is 0.771. The Hall–Kier alpha value is -2.07. The first kappa shape index (κ1) is 13.9. The maximum absolute atomic E-state index is 11.2. The largest absolute Gasteiger partial charge is 0.366 e. The van der Waals surface area contributed by atoms with Crippen molar-refractivity contribution in [2.45, 2.75) is 13.5 Å². The molecule has 4 heteroatoms. The number of carbonyl (C=O) groups is 1. The minimum atomic E-state index is -0.389. The zero-order chi connectivity index (χ0) is 15.0. The smallest absolute Gasteiger partial charge is 0.248 e. The Bertz CT molecular complexity index is 836. The lowest BCUT2D eigenvalue weighted by atomic mass is 10.0. The molecule has 0 spiro atoms. The van der Waals surface area contributed by atoms with Crippen LogP contribution in [0.5, 0.6) is 0 Å². The highest BCUT2D eigenvalue weighted by molar-refractivity contribution is 9.10. The second kappa shape index (κ2) is 5.37. The zero-order valence-electron chi connectivity index (χ0n) is 11.6. The van der Waals surface area contributed by atoms with Crippen LogP contribution in [0.1, 0.15) is 21.5 Å². The molecule has 3 rings (SSSR count). The summed E-state index contributed by atoms with van der Waals surface area (Å²) in [6.07, 6.45) is 2.08. The van der Waals surface area contributed by atoms with Gasteiger partial charge in [0, 0.05) is 28.3 Å². The summed E-state index contributed by atoms with van der Waals surface area (Å²) in [5.41, 5.74) is 9.30. The monoisotopic (exact) mass is 342 g/mol. The van der Waals surface area contributed by atoms with E-state index in [-0.39, 0.29) is 5.91 Å². The van der Waals surface area contributed by atoms with Crippen molar-refractivity contribution >= 4 is 32.7 Å². The molecule has 0 aliphatic carbocycles. The number of aromatic nitrogens is 1. The molecule has 1 aromatic heterocycles. The highest BCUT2D eigenvalue weighted by Crippen LogP contribution is 2.22. The molecule has 1 heterocycles. The number of hydrogen-bond acceptors (Lipinski definition) is 1. The van der Waals surface area contributed by atoms with Crippen molar-refractivity contribution in [3.8, 4) is 0 Å². The molecule has 0 atom stereocenters. The summed E-state index contributed by atoms with van der Waals surface area (Å²) in [7, 11) is 0. The fourth-order valence-electron chi connectivity index (χ4n) is 2.51. The van der Waals surface area contributed by atoms with Crippen LogP contribution in [0.15, 0.2) is 53.1 Å². The number of carbonyl (C=O) groups excluding carboxylic acids is 1. The molecule has 0 saturated heterocycles. The van der Waals surface area contributed by atoms with Gasteiger partial charge in [-0.2, -0.15) is 0 Å². The van der Waals surface area contributed by atoms with Crippen molar-refractivity contribution < 1.29 is 4.79 Å². The van der Waals surface area contributed by atoms with Gasteiger partial charge in [0.25, 0.3) is 0 Å². The van der Waals surface area contributed by atoms with Crippen LogP contribution < -0.4 is 5.73 Å². The summed E-state index contributed by atoms with van der Waals surface area (Å²) in [4.78, 5) is 11.2. The third kappa shape index (κ3) is 2.72. The van der Waals surface area contributed by atoms with E-state index in [1.807, 2.05) is 25.1 Å². The molecule has 0 radical (unpaired) electrons. The van der Waals surface area contributed by atoms with E-state index in [9.17, 15) is 4.79 Å². The summed E-state index contributed by atoms with van der Waals surface area (Å²) >= 11 is 3.51. The first-order chi connectivity index (χ1) is 10.0. The molecule has 1 amide bonds. The predicted molar refractivity (Wildman–Crippen MR) is 88.4 cm³/mol. The molecule has 2 N–H and O–H groups in total. The molecule has 0 aliphatic heterocycles. The van der Waals surface area contributed by atoms with Gasteiger partial charge in [0.2, 0.25) is 5.91 Å². The van der Waals surface area contributed by atoms with Crippen LogP contribution in [0.2, 0.25) is 0 Å². The number of nitrogens with zero attached hydrogens (tertiary/aromatic N) is 1. The molecular weight excluding hydrogens is 328 g/mol. The highest BCUT2D eigenvalue weighted by atomic mass is 79.9. The fourth-order valence-corrected chi connectivity index (χ4v) is 2.85. The van der Waals surface area contributed by atoms with Gasteiger partial charge < -0.3 is 10.3 Å². The Balaban J connectivity index is 1.99. The summed E-state index contributed by atoms with van der Waals surface area (Å²) in [6, 6.07) is 14.0. The van der Waals surface area contributed by atoms with E-state index in [0.29, 0.717) is 5.56 Å². The van der Waals surface area contributed by atoms with Crippen molar-refractivity contribution in [1.29, 1.82) is 0 Å². The Labute approximate surface area is 131 Å². The van der Waals surface area contributed by atoms with Crippen LogP contribution in [0.4, 0.5) is 0 Å². The lowest BCUT2D eigenvalue weighted by molar-refractivity contribution is 0.1000. The van der Waals surface area contributed by atoms with Crippen molar-refractivity contribution in [2.24, 2.45) is 5.73 Å². The number of nitrogens with two attached hydrogens (primary N) is 1. The van der Waals surface area contributed by atoms with Gasteiger partial charge in [0.05, 0.1) is 0 Å². The molecule has 3 aromatic rings. The number of hydrogen-bond donors (Lipinski definition) is 1. The molecular formula is C17H15BrN2O. The van der Waals surface area contributed by atoms with E-state index in [2.05, 4.69) is 44.9 Å². The van der Waals surface area contributed by atoms with E-state index >= 15 is 0 Å². The number of amides is 1. The van der Waals surface area contributed by atoms with Gasteiger partial charge in [-0.25, -0.2) is 0 Å². The maximum Gasteiger partial charge on any atom is 0.248 e. The van der Waals surface area contributed by atoms with Gasteiger partial charge in [-0.3, -0.25) is 4.79 Å². The molecule has 0 unspecified atom stereocenters. The van der Waals surface area contributed by atoms with Gasteiger partial charge in [-0.15, -0.1) is 0 Å². The normalized spacial score (nSPS) is 11.0. The standard InChI is InChI=1S/C17H15BrN2O/c1-11-8-13(17(19)21)2-3-14(11)10-20-7-6-12-4-5-15(18)9-16(12)20/h2-9H,10H2,1H3,(H2,19,21). The van der Waals surface area contributed by atoms with Gasteiger partial charge in [-0.1, -0.05) is 28.1 Å². The molecule has 0 fully saturated rings.